The molecule has 0 bridgehead atoms. The number of rotatable bonds is 7. The van der Waals surface area contributed by atoms with Gasteiger partial charge in [-0.25, -0.2) is 0 Å². The number of hydrogen-bond donors (Lipinski definition) is 1. The van der Waals surface area contributed by atoms with E-state index in [2.05, 4.69) is 37.6 Å². The zero-order chi connectivity index (χ0) is 12.8. The van der Waals surface area contributed by atoms with E-state index in [-0.39, 0.29) is 0 Å². The molecule has 1 aromatic rings. The normalized spacial score (nSPS) is 20.7. The minimum Gasteiger partial charge on any atom is -0.383 e. The van der Waals surface area contributed by atoms with Crippen LogP contribution in [-0.2, 0) is 11.3 Å². The first-order valence-electron chi connectivity index (χ1n) is 6.47. The van der Waals surface area contributed by atoms with Crippen molar-refractivity contribution >= 4 is 27.3 Å². The van der Waals surface area contributed by atoms with Crippen molar-refractivity contribution < 1.29 is 4.74 Å². The maximum absolute atomic E-state index is 5.05. The SMILES string of the molecule is COCCNCC1CCCN1Cc1sccc1Br. The molecule has 5 heteroatoms. The predicted octanol–water partition coefficient (Wildman–Crippen LogP) is 2.71. The van der Waals surface area contributed by atoms with Crippen LogP contribution >= 0.6 is 27.3 Å². The molecule has 2 heterocycles. The summed E-state index contributed by atoms with van der Waals surface area (Å²) in [5.41, 5.74) is 0. The van der Waals surface area contributed by atoms with Gasteiger partial charge in [-0.15, -0.1) is 11.3 Å². The molecule has 1 saturated heterocycles. The molecule has 1 aliphatic heterocycles. The first-order valence-corrected chi connectivity index (χ1v) is 8.14. The molecule has 0 aliphatic carbocycles. The molecule has 18 heavy (non-hydrogen) atoms. The predicted molar refractivity (Wildman–Crippen MR) is 80.2 cm³/mol. The van der Waals surface area contributed by atoms with Gasteiger partial charge in [0.05, 0.1) is 6.61 Å². The average Bonchev–Trinajstić information content (AvgIpc) is 2.96. The topological polar surface area (TPSA) is 24.5 Å². The van der Waals surface area contributed by atoms with Crippen LogP contribution in [-0.4, -0.2) is 44.3 Å². The summed E-state index contributed by atoms with van der Waals surface area (Å²) in [7, 11) is 1.75. The first-order chi connectivity index (χ1) is 8.81. The Morgan fingerprint density at radius 2 is 2.50 bits per heavy atom. The lowest BCUT2D eigenvalue weighted by Crippen LogP contribution is -2.38. The summed E-state index contributed by atoms with van der Waals surface area (Å²) in [5.74, 6) is 0. The molecule has 1 atom stereocenters. The Balaban J connectivity index is 1.78. The molecule has 1 fully saturated rings. The van der Waals surface area contributed by atoms with Gasteiger partial charge in [-0.2, -0.15) is 0 Å². The number of hydrogen-bond acceptors (Lipinski definition) is 4. The van der Waals surface area contributed by atoms with E-state index in [1.54, 1.807) is 7.11 Å². The van der Waals surface area contributed by atoms with Gasteiger partial charge in [0.2, 0.25) is 0 Å². The largest absolute Gasteiger partial charge is 0.383 e. The zero-order valence-electron chi connectivity index (χ0n) is 10.8. The van der Waals surface area contributed by atoms with Crippen LogP contribution < -0.4 is 5.32 Å². The monoisotopic (exact) mass is 332 g/mol. The van der Waals surface area contributed by atoms with Crippen molar-refractivity contribution in [3.8, 4) is 0 Å². The number of nitrogens with zero attached hydrogens (tertiary/aromatic N) is 1. The Bertz CT molecular complexity index is 359. The van der Waals surface area contributed by atoms with Crippen LogP contribution in [0.4, 0.5) is 0 Å². The standard InChI is InChI=1S/C13H21BrN2OS/c1-17-7-5-15-9-11-3-2-6-16(11)10-13-12(14)4-8-18-13/h4,8,11,15H,2-3,5-7,9-10H2,1H3. The number of likely N-dealkylation sites (tertiary alicyclic amines) is 1. The molecule has 0 amide bonds. The van der Waals surface area contributed by atoms with Crippen molar-refractivity contribution in [3.05, 3.63) is 20.8 Å². The fraction of sp³-hybridized carbons (Fsp3) is 0.692. The molecule has 0 aromatic carbocycles. The molecule has 0 radical (unpaired) electrons. The van der Waals surface area contributed by atoms with Crippen LogP contribution in [0.2, 0.25) is 0 Å². The van der Waals surface area contributed by atoms with E-state index in [4.69, 9.17) is 4.74 Å². The number of methoxy groups -OCH3 is 1. The lowest BCUT2D eigenvalue weighted by molar-refractivity contribution is 0.191. The Morgan fingerprint density at radius 3 is 3.22 bits per heavy atom. The van der Waals surface area contributed by atoms with Gasteiger partial charge in [-0.3, -0.25) is 4.90 Å². The van der Waals surface area contributed by atoms with E-state index in [1.807, 2.05) is 11.3 Å². The third-order valence-corrected chi connectivity index (χ3v) is 5.31. The van der Waals surface area contributed by atoms with Crippen LogP contribution in [0.5, 0.6) is 0 Å². The van der Waals surface area contributed by atoms with Crippen LogP contribution in [0.1, 0.15) is 17.7 Å². The third kappa shape index (κ3) is 4.03. The van der Waals surface area contributed by atoms with Crippen LogP contribution in [0, 0.1) is 0 Å². The number of ether oxygens (including phenoxy) is 1. The molecule has 1 unspecified atom stereocenters. The molecule has 3 nitrogen and oxygen atoms in total. The van der Waals surface area contributed by atoms with E-state index in [1.165, 1.54) is 28.7 Å². The summed E-state index contributed by atoms with van der Waals surface area (Å²) in [6.07, 6.45) is 2.63. The number of halogens is 1. The summed E-state index contributed by atoms with van der Waals surface area (Å²) in [5, 5.41) is 5.63. The molecule has 0 spiro atoms. The zero-order valence-corrected chi connectivity index (χ0v) is 13.2. The lowest BCUT2D eigenvalue weighted by atomic mass is 10.2. The maximum Gasteiger partial charge on any atom is 0.0587 e. The van der Waals surface area contributed by atoms with Gasteiger partial charge in [0, 0.05) is 42.1 Å². The van der Waals surface area contributed by atoms with Crippen molar-refractivity contribution in [2.24, 2.45) is 0 Å². The van der Waals surface area contributed by atoms with Crippen LogP contribution in [0.15, 0.2) is 15.9 Å². The Morgan fingerprint density at radius 1 is 1.61 bits per heavy atom. The average molecular weight is 333 g/mol. The summed E-state index contributed by atoms with van der Waals surface area (Å²) >= 11 is 5.46. The highest BCUT2D eigenvalue weighted by Crippen LogP contribution is 2.27. The highest BCUT2D eigenvalue weighted by Gasteiger charge is 2.24. The van der Waals surface area contributed by atoms with Crippen molar-refractivity contribution in [1.29, 1.82) is 0 Å². The molecule has 1 N–H and O–H groups in total. The van der Waals surface area contributed by atoms with E-state index >= 15 is 0 Å². The lowest BCUT2D eigenvalue weighted by Gasteiger charge is -2.24. The smallest absolute Gasteiger partial charge is 0.0587 e. The second-order valence-electron chi connectivity index (χ2n) is 4.66. The molecule has 0 saturated carbocycles. The molecular weight excluding hydrogens is 312 g/mol. The van der Waals surface area contributed by atoms with Gasteiger partial charge < -0.3 is 10.1 Å². The third-order valence-electron chi connectivity index (χ3n) is 3.40. The van der Waals surface area contributed by atoms with Crippen molar-refractivity contribution in [1.82, 2.24) is 10.2 Å². The van der Waals surface area contributed by atoms with Gasteiger partial charge in [-0.05, 0) is 46.8 Å². The summed E-state index contributed by atoms with van der Waals surface area (Å²) in [6.45, 7) is 5.12. The number of nitrogens with one attached hydrogen (secondary N) is 1. The van der Waals surface area contributed by atoms with Gasteiger partial charge >= 0.3 is 0 Å². The van der Waals surface area contributed by atoms with Crippen molar-refractivity contribution in [2.75, 3.05) is 33.4 Å². The summed E-state index contributed by atoms with van der Waals surface area (Å²) in [6, 6.07) is 2.82. The fourth-order valence-electron chi connectivity index (χ4n) is 2.40. The van der Waals surface area contributed by atoms with Crippen molar-refractivity contribution in [2.45, 2.75) is 25.4 Å². The minimum absolute atomic E-state index is 0.677. The van der Waals surface area contributed by atoms with E-state index in [0.717, 1.165) is 26.2 Å². The van der Waals surface area contributed by atoms with Gasteiger partial charge in [0.15, 0.2) is 0 Å². The van der Waals surface area contributed by atoms with Crippen LogP contribution in [0.25, 0.3) is 0 Å². The Labute approximate surface area is 122 Å². The minimum atomic E-state index is 0.677. The fourth-order valence-corrected chi connectivity index (χ4v) is 3.90. The molecule has 1 aliphatic rings. The van der Waals surface area contributed by atoms with Gasteiger partial charge in [0.1, 0.15) is 0 Å². The maximum atomic E-state index is 5.05. The number of thiophene rings is 1. The van der Waals surface area contributed by atoms with Gasteiger partial charge in [0.25, 0.3) is 0 Å². The van der Waals surface area contributed by atoms with E-state index in [0.29, 0.717) is 6.04 Å². The molecule has 2 rings (SSSR count). The quantitative estimate of drug-likeness (QED) is 0.777. The van der Waals surface area contributed by atoms with E-state index < -0.39 is 0 Å². The highest BCUT2D eigenvalue weighted by atomic mass is 79.9. The van der Waals surface area contributed by atoms with Gasteiger partial charge in [-0.1, -0.05) is 0 Å². The summed E-state index contributed by atoms with van der Waals surface area (Å²) in [4.78, 5) is 4.04. The molecule has 102 valence electrons. The summed E-state index contributed by atoms with van der Waals surface area (Å²) < 4.78 is 6.31. The molecular formula is C13H21BrN2OS. The Kier molecular flexibility index (Phi) is 6.11. The second kappa shape index (κ2) is 7.60. The second-order valence-corrected chi connectivity index (χ2v) is 6.51. The Hall–Kier alpha value is 0.0600. The van der Waals surface area contributed by atoms with Crippen molar-refractivity contribution in [3.63, 3.8) is 0 Å². The first kappa shape index (κ1) is 14.5. The highest BCUT2D eigenvalue weighted by molar-refractivity contribution is 9.10. The van der Waals surface area contributed by atoms with E-state index in [9.17, 15) is 0 Å². The van der Waals surface area contributed by atoms with Crippen LogP contribution in [0.3, 0.4) is 0 Å². The molecule has 1 aromatic heterocycles.